The van der Waals surface area contributed by atoms with E-state index in [2.05, 4.69) is 10.3 Å². The van der Waals surface area contributed by atoms with Crippen LogP contribution < -0.4 is 5.32 Å². The van der Waals surface area contributed by atoms with Gasteiger partial charge < -0.3 is 15.0 Å². The maximum absolute atomic E-state index is 12.7. The molecule has 4 heterocycles. The van der Waals surface area contributed by atoms with Crippen molar-refractivity contribution >= 4 is 49.9 Å². The minimum atomic E-state index is -0.548. The van der Waals surface area contributed by atoms with E-state index in [0.29, 0.717) is 13.0 Å². The summed E-state index contributed by atoms with van der Waals surface area (Å²) in [6, 6.07) is 1.92. The topological polar surface area (TPSA) is 84.4 Å². The zero-order valence-electron chi connectivity index (χ0n) is 17.6. The predicted molar refractivity (Wildman–Crippen MR) is 120 cm³/mol. The molecule has 0 saturated carbocycles. The van der Waals surface area contributed by atoms with Crippen LogP contribution >= 0.6 is 22.7 Å². The van der Waals surface area contributed by atoms with Crippen molar-refractivity contribution in [2.75, 3.05) is 5.32 Å². The molecule has 3 aromatic heterocycles. The smallest absolute Gasteiger partial charge is 0.410 e. The van der Waals surface area contributed by atoms with Crippen LogP contribution in [0.15, 0.2) is 18.5 Å². The molecule has 2 amide bonds. The summed E-state index contributed by atoms with van der Waals surface area (Å²) in [5.74, 6) is -0.130. The maximum Gasteiger partial charge on any atom is 0.410 e. The molecular weight excluding hydrogens is 420 g/mol. The summed E-state index contributed by atoms with van der Waals surface area (Å²) in [5.41, 5.74) is 2.39. The van der Waals surface area contributed by atoms with E-state index in [1.54, 1.807) is 28.6 Å². The van der Waals surface area contributed by atoms with Crippen molar-refractivity contribution in [1.82, 2.24) is 14.9 Å². The molecule has 4 rings (SSSR count). The van der Waals surface area contributed by atoms with Crippen molar-refractivity contribution in [3.8, 4) is 10.6 Å². The molecule has 1 aliphatic heterocycles. The van der Waals surface area contributed by atoms with Gasteiger partial charge >= 0.3 is 6.09 Å². The average Bonchev–Trinajstić information content (AvgIpc) is 3.18. The first kappa shape index (κ1) is 20.7. The summed E-state index contributed by atoms with van der Waals surface area (Å²) in [6.07, 6.45) is 3.86. The summed E-state index contributed by atoms with van der Waals surface area (Å²) < 4.78 is 6.64. The van der Waals surface area contributed by atoms with Crippen LogP contribution in [0.2, 0.25) is 0 Å². The van der Waals surface area contributed by atoms with E-state index in [9.17, 15) is 9.59 Å². The van der Waals surface area contributed by atoms with E-state index in [-0.39, 0.29) is 18.0 Å². The highest BCUT2D eigenvalue weighted by Gasteiger charge is 2.35. The number of nitrogens with zero attached hydrogens (tertiary/aromatic N) is 3. The second-order valence-corrected chi connectivity index (χ2v) is 10.5. The van der Waals surface area contributed by atoms with Gasteiger partial charge in [-0.05, 0) is 45.7 Å². The molecule has 0 aliphatic carbocycles. The molecule has 0 radical (unpaired) electrons. The lowest BCUT2D eigenvalue weighted by molar-refractivity contribution is -0.114. The largest absolute Gasteiger partial charge is 0.444 e. The van der Waals surface area contributed by atoms with Gasteiger partial charge in [-0.2, -0.15) is 0 Å². The Hall–Kier alpha value is -2.52. The van der Waals surface area contributed by atoms with Crippen LogP contribution in [0.1, 0.15) is 45.1 Å². The number of carbonyl (C=O) groups is 2. The number of fused-ring (bicyclic) bond motifs is 2. The lowest BCUT2D eigenvalue weighted by Gasteiger charge is -2.35. The molecule has 0 saturated heterocycles. The van der Waals surface area contributed by atoms with Crippen molar-refractivity contribution < 1.29 is 14.3 Å². The fourth-order valence-electron chi connectivity index (χ4n) is 3.50. The van der Waals surface area contributed by atoms with Gasteiger partial charge in [0.2, 0.25) is 5.91 Å². The van der Waals surface area contributed by atoms with Gasteiger partial charge in [0, 0.05) is 29.6 Å². The Labute approximate surface area is 183 Å². The number of amides is 2. The minimum absolute atomic E-state index is 0.0260. The Bertz CT molecular complexity index is 1100. The molecule has 0 bridgehead atoms. The van der Waals surface area contributed by atoms with Gasteiger partial charge in [0.1, 0.15) is 21.1 Å². The van der Waals surface area contributed by atoms with Crippen LogP contribution in [-0.2, 0) is 22.5 Å². The molecule has 0 aromatic carbocycles. The normalized spacial score (nSPS) is 16.4. The van der Waals surface area contributed by atoms with Crippen LogP contribution in [0.3, 0.4) is 0 Å². The Kier molecular flexibility index (Phi) is 5.27. The first-order valence-electron chi connectivity index (χ1n) is 9.75. The summed E-state index contributed by atoms with van der Waals surface area (Å²) in [4.78, 5) is 36.3. The summed E-state index contributed by atoms with van der Waals surface area (Å²) in [7, 11) is 0. The quantitative estimate of drug-likeness (QED) is 0.597. The number of hydrogen-bond donors (Lipinski definition) is 1. The number of thiazole rings is 1. The first-order chi connectivity index (χ1) is 14.1. The number of pyridine rings is 1. The van der Waals surface area contributed by atoms with Gasteiger partial charge in [-0.15, -0.1) is 22.7 Å². The Balaban J connectivity index is 1.76. The van der Waals surface area contributed by atoms with Gasteiger partial charge in [0.15, 0.2) is 0 Å². The van der Waals surface area contributed by atoms with Crippen LogP contribution in [0.4, 0.5) is 9.80 Å². The second-order valence-electron chi connectivity index (χ2n) is 8.41. The summed E-state index contributed by atoms with van der Waals surface area (Å²) in [6.45, 7) is 9.57. The van der Waals surface area contributed by atoms with Crippen LogP contribution in [0.5, 0.6) is 0 Å². The molecule has 1 unspecified atom stereocenters. The molecule has 1 N–H and O–H groups in total. The molecule has 7 nitrogen and oxygen atoms in total. The zero-order valence-corrected chi connectivity index (χ0v) is 19.2. The van der Waals surface area contributed by atoms with Crippen LogP contribution in [0.25, 0.3) is 20.8 Å². The van der Waals surface area contributed by atoms with Gasteiger partial charge in [-0.1, -0.05) is 0 Å². The number of nitrogens with one attached hydrogen (secondary N) is 1. The SMILES string of the molecule is CC(=O)Nc1sc2c(c1-c1nc3cnccc3s1)CC(C)N(C(=O)OC(C)(C)C)C2. The van der Waals surface area contributed by atoms with E-state index in [1.165, 1.54) is 18.3 Å². The number of carbonyl (C=O) groups excluding carboxylic acids is 2. The molecule has 3 aromatic rings. The molecule has 1 aliphatic rings. The van der Waals surface area contributed by atoms with E-state index >= 15 is 0 Å². The Morgan fingerprint density at radius 2 is 2.07 bits per heavy atom. The maximum atomic E-state index is 12.7. The lowest BCUT2D eigenvalue weighted by atomic mass is 9.97. The molecule has 0 fully saturated rings. The number of aromatic nitrogens is 2. The lowest BCUT2D eigenvalue weighted by Crippen LogP contribution is -2.44. The summed E-state index contributed by atoms with van der Waals surface area (Å²) in [5, 5.41) is 4.60. The van der Waals surface area contributed by atoms with E-state index in [1.807, 2.05) is 33.8 Å². The molecule has 158 valence electrons. The van der Waals surface area contributed by atoms with Crippen molar-refractivity contribution in [3.63, 3.8) is 0 Å². The van der Waals surface area contributed by atoms with Crippen LogP contribution in [0, 0.1) is 0 Å². The highest BCUT2D eigenvalue weighted by molar-refractivity contribution is 7.22. The highest BCUT2D eigenvalue weighted by atomic mass is 32.1. The van der Waals surface area contributed by atoms with E-state index in [4.69, 9.17) is 9.72 Å². The van der Waals surface area contributed by atoms with Gasteiger partial charge in [-0.3, -0.25) is 9.78 Å². The van der Waals surface area contributed by atoms with E-state index in [0.717, 1.165) is 36.2 Å². The van der Waals surface area contributed by atoms with Gasteiger partial charge in [0.05, 0.1) is 17.4 Å². The predicted octanol–water partition coefficient (Wildman–Crippen LogP) is 5.06. The first-order valence-corrected chi connectivity index (χ1v) is 11.4. The monoisotopic (exact) mass is 444 g/mol. The summed E-state index contributed by atoms with van der Waals surface area (Å²) >= 11 is 3.09. The fourth-order valence-corrected chi connectivity index (χ4v) is 5.85. The average molecular weight is 445 g/mol. The second kappa shape index (κ2) is 7.63. The van der Waals surface area contributed by atoms with Crippen molar-refractivity contribution in [2.45, 2.75) is 59.2 Å². The van der Waals surface area contributed by atoms with Gasteiger partial charge in [0.25, 0.3) is 0 Å². The Morgan fingerprint density at radius 3 is 2.73 bits per heavy atom. The molecule has 30 heavy (non-hydrogen) atoms. The minimum Gasteiger partial charge on any atom is -0.444 e. The van der Waals surface area contributed by atoms with Crippen molar-refractivity contribution in [3.05, 3.63) is 28.9 Å². The van der Waals surface area contributed by atoms with Crippen molar-refractivity contribution in [1.29, 1.82) is 0 Å². The zero-order chi connectivity index (χ0) is 21.6. The standard InChI is InChI=1S/C21H24N4O3S2/c1-11-8-13-16(10-25(11)20(27)28-21(3,4)5)30-18(23-12(2)26)17(13)19-24-14-9-22-7-6-15(14)29-19/h6-7,9,11H,8,10H2,1-5H3,(H,23,26). The Morgan fingerprint density at radius 1 is 1.30 bits per heavy atom. The third-order valence-electron chi connectivity index (χ3n) is 4.76. The molecule has 9 heteroatoms. The number of hydrogen-bond acceptors (Lipinski definition) is 7. The van der Waals surface area contributed by atoms with Crippen LogP contribution in [-0.4, -0.2) is 38.5 Å². The number of rotatable bonds is 2. The van der Waals surface area contributed by atoms with Gasteiger partial charge in [-0.25, -0.2) is 9.78 Å². The third kappa shape index (κ3) is 4.04. The highest BCUT2D eigenvalue weighted by Crippen LogP contribution is 2.46. The van der Waals surface area contributed by atoms with E-state index < -0.39 is 5.60 Å². The van der Waals surface area contributed by atoms with Crippen molar-refractivity contribution in [2.24, 2.45) is 0 Å². The molecule has 0 spiro atoms. The molecular formula is C21H24N4O3S2. The fraction of sp³-hybridized carbons (Fsp3) is 0.429. The number of thiophene rings is 1. The third-order valence-corrected chi connectivity index (χ3v) is 6.94. The molecule has 1 atom stereocenters. The number of ether oxygens (including phenoxy) is 1. The number of anilines is 1.